The van der Waals surface area contributed by atoms with E-state index >= 15 is 0 Å². The molecular weight excluding hydrogens is 368 g/mol. The third-order valence-corrected chi connectivity index (χ3v) is 6.17. The summed E-state index contributed by atoms with van der Waals surface area (Å²) in [5, 5.41) is 10.3. The number of carbonyl (C=O) groups excluding carboxylic acids is 1. The Morgan fingerprint density at radius 1 is 1.11 bits per heavy atom. The fraction of sp³-hybridized carbons (Fsp3) is 0.353. The summed E-state index contributed by atoms with van der Waals surface area (Å²) in [5.41, 5.74) is 4.24. The van der Waals surface area contributed by atoms with Crippen molar-refractivity contribution in [3.63, 3.8) is 0 Å². The number of aromatic nitrogens is 3. The summed E-state index contributed by atoms with van der Waals surface area (Å²) in [4.78, 5) is 19.1. The third kappa shape index (κ3) is 3.05. The maximum Gasteiger partial charge on any atom is 0.277 e. The van der Waals surface area contributed by atoms with Crippen LogP contribution in [0.2, 0.25) is 0 Å². The van der Waals surface area contributed by atoms with Gasteiger partial charge in [-0.3, -0.25) is 4.79 Å². The molecule has 9 nitrogen and oxygen atoms in total. The highest BCUT2D eigenvalue weighted by Crippen LogP contribution is 2.25. The van der Waals surface area contributed by atoms with Gasteiger partial charge in [0.15, 0.2) is 0 Å². The van der Waals surface area contributed by atoms with Gasteiger partial charge in [0.1, 0.15) is 6.33 Å². The molecule has 2 N–H and O–H groups in total. The van der Waals surface area contributed by atoms with E-state index in [2.05, 4.69) is 10.1 Å². The van der Waals surface area contributed by atoms with Crippen molar-refractivity contribution in [3.8, 4) is 0 Å². The summed E-state index contributed by atoms with van der Waals surface area (Å²) in [7, 11) is -3.73. The Hall–Kier alpha value is -2.56. The molecule has 0 radical (unpaired) electrons. The highest BCUT2D eigenvalue weighted by Gasteiger charge is 2.28. The van der Waals surface area contributed by atoms with Gasteiger partial charge in [0.25, 0.3) is 16.1 Å². The molecule has 27 heavy (non-hydrogen) atoms. The zero-order valence-corrected chi connectivity index (χ0v) is 15.9. The van der Waals surface area contributed by atoms with E-state index in [4.69, 9.17) is 5.14 Å². The molecule has 1 aliphatic heterocycles. The highest BCUT2D eigenvalue weighted by molar-refractivity contribution is 7.86. The molecule has 2 aromatic heterocycles. The van der Waals surface area contributed by atoms with Crippen LogP contribution in [0.5, 0.6) is 0 Å². The lowest BCUT2D eigenvalue weighted by Crippen LogP contribution is -2.52. The molecule has 0 atom stereocenters. The first-order valence-corrected chi connectivity index (χ1v) is 10.1. The van der Waals surface area contributed by atoms with Crippen LogP contribution < -0.4 is 5.14 Å². The van der Waals surface area contributed by atoms with E-state index in [1.54, 1.807) is 21.9 Å². The van der Waals surface area contributed by atoms with Crippen LogP contribution in [0.25, 0.3) is 16.4 Å². The average Bonchev–Trinajstić information content (AvgIpc) is 3.06. The second kappa shape index (κ2) is 6.25. The molecule has 1 saturated heterocycles. The molecule has 1 fully saturated rings. The Morgan fingerprint density at radius 2 is 1.78 bits per heavy atom. The van der Waals surface area contributed by atoms with Gasteiger partial charge in [0.05, 0.1) is 22.8 Å². The first-order chi connectivity index (χ1) is 12.8. The zero-order chi connectivity index (χ0) is 19.3. The summed E-state index contributed by atoms with van der Waals surface area (Å²) in [6, 6.07) is 4.02. The van der Waals surface area contributed by atoms with Gasteiger partial charge in [0, 0.05) is 31.6 Å². The largest absolute Gasteiger partial charge is 0.336 e. The number of aryl methyl sites for hydroxylation is 2. The van der Waals surface area contributed by atoms with Gasteiger partial charge in [-0.2, -0.15) is 17.8 Å². The van der Waals surface area contributed by atoms with Gasteiger partial charge in [-0.15, -0.1) is 0 Å². The fourth-order valence-corrected chi connectivity index (χ4v) is 4.08. The van der Waals surface area contributed by atoms with E-state index in [9.17, 15) is 13.2 Å². The van der Waals surface area contributed by atoms with E-state index in [0.717, 1.165) is 22.0 Å². The predicted octanol–water partition coefficient (Wildman–Crippen LogP) is 0.461. The summed E-state index contributed by atoms with van der Waals surface area (Å²) in [6.07, 6.45) is 3.14. The van der Waals surface area contributed by atoms with Crippen molar-refractivity contribution in [2.45, 2.75) is 13.8 Å². The summed E-state index contributed by atoms with van der Waals surface area (Å²) >= 11 is 0. The lowest BCUT2D eigenvalue weighted by Gasteiger charge is -2.32. The van der Waals surface area contributed by atoms with Crippen molar-refractivity contribution in [2.75, 3.05) is 26.2 Å². The van der Waals surface area contributed by atoms with Crippen LogP contribution in [0.1, 0.15) is 21.5 Å². The van der Waals surface area contributed by atoms with E-state index < -0.39 is 10.2 Å². The number of nitrogens with zero attached hydrogens (tertiary/aromatic N) is 5. The summed E-state index contributed by atoms with van der Waals surface area (Å²) < 4.78 is 25.7. The van der Waals surface area contributed by atoms with Crippen molar-refractivity contribution >= 4 is 32.5 Å². The van der Waals surface area contributed by atoms with Gasteiger partial charge in [-0.25, -0.2) is 14.6 Å². The Balaban J connectivity index is 1.73. The standard InChI is InChI=1S/C17H20N6O3S/c1-11-7-13-15(8-12(11)2)19-10-23-16(13)14(9-20-23)17(24)21-3-5-22(6-4-21)27(18,25)26/h7-10H,3-6H2,1-2H3,(H2,18,25,26). The maximum atomic E-state index is 13.1. The van der Waals surface area contributed by atoms with Crippen LogP contribution in [-0.4, -0.2) is 64.3 Å². The Bertz CT molecular complexity index is 1160. The number of piperazine rings is 1. The molecule has 0 bridgehead atoms. The Labute approximate surface area is 156 Å². The van der Waals surface area contributed by atoms with E-state index in [1.165, 1.54) is 4.31 Å². The Morgan fingerprint density at radius 3 is 2.44 bits per heavy atom. The number of fused-ring (bicyclic) bond motifs is 3. The zero-order valence-electron chi connectivity index (χ0n) is 15.1. The molecular formula is C17H20N6O3S. The van der Waals surface area contributed by atoms with E-state index in [0.29, 0.717) is 11.1 Å². The van der Waals surface area contributed by atoms with Crippen LogP contribution in [0.15, 0.2) is 24.7 Å². The molecule has 0 aliphatic carbocycles. The molecule has 0 saturated carbocycles. The molecule has 3 aromatic rings. The molecule has 1 aliphatic rings. The molecule has 3 heterocycles. The van der Waals surface area contributed by atoms with Crippen molar-refractivity contribution in [1.29, 1.82) is 0 Å². The van der Waals surface area contributed by atoms with Gasteiger partial charge in [0.2, 0.25) is 0 Å². The quantitative estimate of drug-likeness (QED) is 0.685. The normalized spacial score (nSPS) is 16.3. The molecule has 1 amide bonds. The van der Waals surface area contributed by atoms with Crippen molar-refractivity contribution < 1.29 is 13.2 Å². The lowest BCUT2D eigenvalue weighted by atomic mass is 10.0. The van der Waals surface area contributed by atoms with Crippen molar-refractivity contribution in [1.82, 2.24) is 23.8 Å². The first-order valence-electron chi connectivity index (χ1n) is 8.56. The van der Waals surface area contributed by atoms with Crippen LogP contribution in [0.3, 0.4) is 0 Å². The van der Waals surface area contributed by atoms with E-state index in [-0.39, 0.29) is 32.1 Å². The molecule has 1 aromatic carbocycles. The van der Waals surface area contributed by atoms with Gasteiger partial charge in [-0.1, -0.05) is 0 Å². The second-order valence-electron chi connectivity index (χ2n) is 6.79. The van der Waals surface area contributed by atoms with E-state index in [1.807, 2.05) is 26.0 Å². The van der Waals surface area contributed by atoms with Crippen LogP contribution in [0, 0.1) is 13.8 Å². The van der Waals surface area contributed by atoms with Crippen LogP contribution >= 0.6 is 0 Å². The average molecular weight is 388 g/mol. The smallest absolute Gasteiger partial charge is 0.277 e. The Kier molecular flexibility index (Phi) is 4.13. The third-order valence-electron chi connectivity index (χ3n) is 5.08. The van der Waals surface area contributed by atoms with Gasteiger partial charge >= 0.3 is 0 Å². The first kappa shape index (κ1) is 17.8. The lowest BCUT2D eigenvalue weighted by molar-refractivity contribution is 0.0700. The number of amides is 1. The number of nitrogens with two attached hydrogens (primary N) is 1. The van der Waals surface area contributed by atoms with Crippen LogP contribution in [-0.2, 0) is 10.2 Å². The number of hydrogen-bond donors (Lipinski definition) is 1. The number of benzene rings is 1. The predicted molar refractivity (Wildman–Crippen MR) is 101 cm³/mol. The monoisotopic (exact) mass is 388 g/mol. The number of carbonyl (C=O) groups is 1. The minimum Gasteiger partial charge on any atom is -0.336 e. The molecule has 10 heteroatoms. The SMILES string of the molecule is Cc1cc2ncn3ncc(C(=O)N4CCN(S(N)(=O)=O)CC4)c3c2cc1C. The molecule has 0 spiro atoms. The minimum atomic E-state index is -3.73. The molecule has 0 unspecified atom stereocenters. The summed E-state index contributed by atoms with van der Waals surface area (Å²) in [5.74, 6) is -0.176. The van der Waals surface area contributed by atoms with Crippen LogP contribution in [0.4, 0.5) is 0 Å². The second-order valence-corrected chi connectivity index (χ2v) is 8.33. The summed E-state index contributed by atoms with van der Waals surface area (Å²) in [6.45, 7) is 4.98. The minimum absolute atomic E-state index is 0.176. The maximum absolute atomic E-state index is 13.1. The van der Waals surface area contributed by atoms with Gasteiger partial charge < -0.3 is 4.90 Å². The van der Waals surface area contributed by atoms with Crippen molar-refractivity contribution in [3.05, 3.63) is 41.3 Å². The highest BCUT2D eigenvalue weighted by atomic mass is 32.2. The topological polar surface area (TPSA) is 114 Å². The number of rotatable bonds is 2. The molecule has 4 rings (SSSR count). The fourth-order valence-electron chi connectivity index (χ4n) is 3.41. The molecule has 142 valence electrons. The van der Waals surface area contributed by atoms with Crippen molar-refractivity contribution in [2.24, 2.45) is 5.14 Å². The number of hydrogen-bond acceptors (Lipinski definition) is 5. The van der Waals surface area contributed by atoms with Gasteiger partial charge in [-0.05, 0) is 37.1 Å².